The van der Waals surface area contributed by atoms with Crippen LogP contribution in [0.3, 0.4) is 0 Å². The van der Waals surface area contributed by atoms with Crippen LogP contribution in [0.5, 0.6) is 5.88 Å². The van der Waals surface area contributed by atoms with E-state index in [0.717, 1.165) is 11.4 Å². The Labute approximate surface area is 110 Å². The van der Waals surface area contributed by atoms with E-state index in [1.165, 1.54) is 7.11 Å². The van der Waals surface area contributed by atoms with Gasteiger partial charge in [0, 0.05) is 17.8 Å². The molecule has 0 saturated carbocycles. The summed E-state index contributed by atoms with van der Waals surface area (Å²) in [4.78, 5) is 15.5. The number of nitrogens with two attached hydrogens (primary N) is 1. The lowest BCUT2D eigenvalue weighted by atomic mass is 10.3. The molecule has 0 spiro atoms. The number of hydrogen-bond acceptors (Lipinski definition) is 6. The Morgan fingerprint density at radius 1 is 1.42 bits per heavy atom. The van der Waals surface area contributed by atoms with Gasteiger partial charge in [0.25, 0.3) is 0 Å². The van der Waals surface area contributed by atoms with Gasteiger partial charge in [-0.15, -0.1) is 0 Å². The maximum atomic E-state index is 11.2. The molecule has 2 aromatic rings. The zero-order valence-corrected chi connectivity index (χ0v) is 11.1. The predicted octanol–water partition coefficient (Wildman–Crippen LogP) is 0.225. The number of methoxy groups -OCH3 is 1. The fourth-order valence-corrected chi connectivity index (χ4v) is 1.68. The molecule has 19 heavy (non-hydrogen) atoms. The lowest BCUT2D eigenvalue weighted by molar-refractivity contribution is -0.142. The highest BCUT2D eigenvalue weighted by molar-refractivity contribution is 5.75. The zero-order chi connectivity index (χ0) is 14.0. The SMILES string of the molecule is COC(=O)C(N)COc1cc(C)nc2cc(C)nn12. The second-order valence-electron chi connectivity index (χ2n) is 4.23. The summed E-state index contributed by atoms with van der Waals surface area (Å²) in [6.07, 6.45) is 0. The van der Waals surface area contributed by atoms with Crippen molar-refractivity contribution in [1.29, 1.82) is 0 Å². The van der Waals surface area contributed by atoms with Gasteiger partial charge in [0.15, 0.2) is 5.65 Å². The molecule has 0 amide bonds. The zero-order valence-electron chi connectivity index (χ0n) is 11.1. The van der Waals surface area contributed by atoms with Crippen LogP contribution in [-0.4, -0.2) is 40.3 Å². The molecule has 0 bridgehead atoms. The third kappa shape index (κ3) is 2.82. The van der Waals surface area contributed by atoms with Gasteiger partial charge in [0.05, 0.1) is 12.8 Å². The van der Waals surface area contributed by atoms with Crippen LogP contribution < -0.4 is 10.5 Å². The number of esters is 1. The van der Waals surface area contributed by atoms with Crippen LogP contribution in [0.4, 0.5) is 0 Å². The van der Waals surface area contributed by atoms with E-state index in [1.807, 2.05) is 19.9 Å². The third-order valence-corrected chi connectivity index (χ3v) is 2.56. The Morgan fingerprint density at radius 3 is 2.84 bits per heavy atom. The number of ether oxygens (including phenoxy) is 2. The van der Waals surface area contributed by atoms with E-state index in [0.29, 0.717) is 11.5 Å². The summed E-state index contributed by atoms with van der Waals surface area (Å²) in [5, 5.41) is 4.27. The minimum Gasteiger partial charge on any atom is -0.475 e. The summed E-state index contributed by atoms with van der Waals surface area (Å²) in [5.41, 5.74) is 7.95. The maximum absolute atomic E-state index is 11.2. The van der Waals surface area contributed by atoms with Crippen LogP contribution >= 0.6 is 0 Å². The minimum atomic E-state index is -0.829. The summed E-state index contributed by atoms with van der Waals surface area (Å²) in [7, 11) is 1.29. The molecule has 0 radical (unpaired) electrons. The fraction of sp³-hybridized carbons (Fsp3) is 0.417. The van der Waals surface area contributed by atoms with Crippen molar-refractivity contribution in [2.24, 2.45) is 5.73 Å². The van der Waals surface area contributed by atoms with Crippen LogP contribution in [0.15, 0.2) is 12.1 Å². The number of rotatable bonds is 4. The van der Waals surface area contributed by atoms with Gasteiger partial charge in [0.1, 0.15) is 12.6 Å². The highest BCUT2D eigenvalue weighted by Gasteiger charge is 2.16. The number of fused-ring (bicyclic) bond motifs is 1. The van der Waals surface area contributed by atoms with Crippen molar-refractivity contribution >= 4 is 11.6 Å². The molecule has 0 saturated heterocycles. The van der Waals surface area contributed by atoms with E-state index in [2.05, 4.69) is 14.8 Å². The first kappa shape index (κ1) is 13.3. The summed E-state index contributed by atoms with van der Waals surface area (Å²) in [5.74, 6) is -0.0198. The van der Waals surface area contributed by atoms with Crippen molar-refractivity contribution in [3.05, 3.63) is 23.5 Å². The predicted molar refractivity (Wildman–Crippen MR) is 67.9 cm³/mol. The smallest absolute Gasteiger partial charge is 0.326 e. The normalized spacial score (nSPS) is 12.4. The summed E-state index contributed by atoms with van der Waals surface area (Å²) >= 11 is 0. The molecular weight excluding hydrogens is 248 g/mol. The van der Waals surface area contributed by atoms with Gasteiger partial charge in [-0.05, 0) is 13.8 Å². The first-order valence-corrected chi connectivity index (χ1v) is 5.81. The van der Waals surface area contributed by atoms with Gasteiger partial charge in [-0.25, -0.2) is 4.98 Å². The molecule has 1 unspecified atom stereocenters. The molecule has 1 atom stereocenters. The molecule has 2 N–H and O–H groups in total. The highest BCUT2D eigenvalue weighted by Crippen LogP contribution is 2.15. The van der Waals surface area contributed by atoms with E-state index in [1.54, 1.807) is 10.6 Å². The topological polar surface area (TPSA) is 91.7 Å². The fourth-order valence-electron chi connectivity index (χ4n) is 1.68. The van der Waals surface area contributed by atoms with Crippen molar-refractivity contribution in [2.75, 3.05) is 13.7 Å². The van der Waals surface area contributed by atoms with Gasteiger partial charge in [-0.3, -0.25) is 4.79 Å². The minimum absolute atomic E-state index is 0.0180. The Hall–Kier alpha value is -2.15. The number of carbonyl (C=O) groups is 1. The standard InChI is InChI=1S/C12H16N4O3/c1-7-5-11(19-6-9(13)12(17)18-3)16-10(14-7)4-8(2)15-16/h4-5,9H,6,13H2,1-3H3. The molecule has 0 aliphatic carbocycles. The van der Waals surface area contributed by atoms with Gasteiger partial charge in [-0.2, -0.15) is 9.61 Å². The number of nitrogens with zero attached hydrogens (tertiary/aromatic N) is 3. The van der Waals surface area contributed by atoms with Crippen molar-refractivity contribution < 1.29 is 14.3 Å². The summed E-state index contributed by atoms with van der Waals surface area (Å²) < 4.78 is 11.6. The maximum Gasteiger partial charge on any atom is 0.326 e. The number of aryl methyl sites for hydroxylation is 2. The first-order valence-electron chi connectivity index (χ1n) is 5.81. The molecule has 2 heterocycles. The van der Waals surface area contributed by atoms with Crippen LogP contribution in [0, 0.1) is 13.8 Å². The average Bonchev–Trinajstić information content (AvgIpc) is 2.74. The van der Waals surface area contributed by atoms with Crippen molar-refractivity contribution in [2.45, 2.75) is 19.9 Å². The van der Waals surface area contributed by atoms with E-state index in [9.17, 15) is 4.79 Å². The van der Waals surface area contributed by atoms with Gasteiger partial charge >= 0.3 is 5.97 Å². The molecule has 7 nitrogen and oxygen atoms in total. The lowest BCUT2D eigenvalue weighted by Gasteiger charge is -2.12. The van der Waals surface area contributed by atoms with Gasteiger partial charge < -0.3 is 15.2 Å². The van der Waals surface area contributed by atoms with Crippen LogP contribution in [-0.2, 0) is 9.53 Å². The molecule has 102 valence electrons. The van der Waals surface area contributed by atoms with E-state index < -0.39 is 12.0 Å². The molecule has 2 rings (SSSR count). The lowest BCUT2D eigenvalue weighted by Crippen LogP contribution is -2.37. The quantitative estimate of drug-likeness (QED) is 0.794. The largest absolute Gasteiger partial charge is 0.475 e. The van der Waals surface area contributed by atoms with E-state index in [4.69, 9.17) is 10.5 Å². The van der Waals surface area contributed by atoms with Crippen LogP contribution in [0.2, 0.25) is 0 Å². The average molecular weight is 264 g/mol. The van der Waals surface area contributed by atoms with E-state index >= 15 is 0 Å². The van der Waals surface area contributed by atoms with Crippen molar-refractivity contribution in [1.82, 2.24) is 14.6 Å². The Morgan fingerprint density at radius 2 is 2.16 bits per heavy atom. The summed E-state index contributed by atoms with van der Waals surface area (Å²) in [6, 6.07) is 2.76. The summed E-state index contributed by atoms with van der Waals surface area (Å²) in [6.45, 7) is 3.74. The van der Waals surface area contributed by atoms with Crippen molar-refractivity contribution in [3.8, 4) is 5.88 Å². The first-order chi connectivity index (χ1) is 9.01. The van der Waals surface area contributed by atoms with Crippen molar-refractivity contribution in [3.63, 3.8) is 0 Å². The Bertz CT molecular complexity index is 608. The Balaban J connectivity index is 2.22. The molecule has 0 aliphatic heterocycles. The van der Waals surface area contributed by atoms with E-state index in [-0.39, 0.29) is 6.61 Å². The van der Waals surface area contributed by atoms with Crippen LogP contribution in [0.25, 0.3) is 5.65 Å². The second kappa shape index (κ2) is 5.23. The highest BCUT2D eigenvalue weighted by atomic mass is 16.5. The number of carbonyl (C=O) groups excluding carboxylic acids is 1. The number of aromatic nitrogens is 3. The Kier molecular flexibility index (Phi) is 3.66. The molecule has 0 fully saturated rings. The molecule has 2 aromatic heterocycles. The molecule has 0 aliphatic rings. The monoisotopic (exact) mass is 264 g/mol. The van der Waals surface area contributed by atoms with Gasteiger partial charge in [0.2, 0.25) is 5.88 Å². The molecule has 7 heteroatoms. The third-order valence-electron chi connectivity index (χ3n) is 2.56. The molecular formula is C12H16N4O3. The van der Waals surface area contributed by atoms with Crippen LogP contribution in [0.1, 0.15) is 11.4 Å². The second-order valence-corrected chi connectivity index (χ2v) is 4.23. The van der Waals surface area contributed by atoms with Gasteiger partial charge in [-0.1, -0.05) is 0 Å². The number of hydrogen-bond donors (Lipinski definition) is 1. The molecule has 0 aromatic carbocycles.